The molecule has 1 heterocycles. The van der Waals surface area contributed by atoms with E-state index in [0.29, 0.717) is 0 Å². The number of hydrogen-bond donors (Lipinski definition) is 1. The first kappa shape index (κ1) is 13.4. The van der Waals surface area contributed by atoms with Crippen molar-refractivity contribution in [3.05, 3.63) is 31.9 Å². The Kier molecular flexibility index (Phi) is 3.01. The van der Waals surface area contributed by atoms with Crippen molar-refractivity contribution in [2.75, 3.05) is 20.2 Å². The van der Waals surface area contributed by atoms with E-state index >= 15 is 0 Å². The van der Waals surface area contributed by atoms with E-state index in [4.69, 9.17) is 0 Å². The van der Waals surface area contributed by atoms with Gasteiger partial charge in [-0.1, -0.05) is 0 Å². The highest BCUT2D eigenvalue weighted by atomic mass is 16.6. The number of hydrogen-bond acceptors (Lipinski definition) is 7. The van der Waals surface area contributed by atoms with Crippen molar-refractivity contribution in [3.8, 4) is 0 Å². The first-order valence-electron chi connectivity index (χ1n) is 5.65. The normalized spacial score (nSPS) is 33.2. The molecule has 2 bridgehead atoms. The average molecular weight is 271 g/mol. The van der Waals surface area contributed by atoms with Crippen molar-refractivity contribution < 1.29 is 19.4 Å². The maximum Gasteiger partial charge on any atom is 0.333 e. The summed E-state index contributed by atoms with van der Waals surface area (Å²) in [5, 5.41) is 25.3. The van der Waals surface area contributed by atoms with Crippen molar-refractivity contribution in [2.24, 2.45) is 0 Å². The van der Waals surface area contributed by atoms with Crippen molar-refractivity contribution in [1.82, 2.24) is 5.32 Å². The number of methoxy groups -OCH3 is 1. The van der Waals surface area contributed by atoms with E-state index in [1.54, 1.807) is 0 Å². The minimum Gasteiger partial charge on any atom is -0.466 e. The first-order valence-corrected chi connectivity index (χ1v) is 5.65. The molecule has 0 aromatic heterocycles. The zero-order valence-electron chi connectivity index (χ0n) is 10.2. The SMILES string of the molecule is COC(=O)C1=CC2([N+](=O)[O-])CNCC([N+](=O)[O-])(C1)C2. The number of nitrogens with zero attached hydrogens (tertiary/aromatic N) is 2. The second-order valence-corrected chi connectivity index (χ2v) is 4.96. The van der Waals surface area contributed by atoms with Crippen LogP contribution in [0.4, 0.5) is 0 Å². The monoisotopic (exact) mass is 271 g/mol. The molecule has 1 aliphatic heterocycles. The highest BCUT2D eigenvalue weighted by Gasteiger charge is 2.62. The van der Waals surface area contributed by atoms with Crippen molar-refractivity contribution >= 4 is 5.97 Å². The summed E-state index contributed by atoms with van der Waals surface area (Å²) in [6, 6.07) is 0. The standard InChI is InChI=1S/C10H13N3O6/c1-19-8(14)7-2-9(12(15)16)4-10(3-7,13(17)18)6-11-5-9/h2,11H,3-6H2,1H3. The number of piperidine rings is 1. The highest BCUT2D eigenvalue weighted by molar-refractivity contribution is 5.89. The first-order chi connectivity index (χ1) is 8.85. The number of ether oxygens (including phenoxy) is 1. The average Bonchev–Trinajstić information content (AvgIpc) is 2.36. The summed E-state index contributed by atoms with van der Waals surface area (Å²) < 4.78 is 4.53. The molecular weight excluding hydrogens is 258 g/mol. The van der Waals surface area contributed by atoms with Gasteiger partial charge in [-0.3, -0.25) is 20.2 Å². The fraction of sp³-hybridized carbons (Fsp3) is 0.700. The molecule has 0 saturated carbocycles. The summed E-state index contributed by atoms with van der Waals surface area (Å²) in [5.74, 6) is -0.751. The van der Waals surface area contributed by atoms with Crippen LogP contribution < -0.4 is 5.32 Å². The van der Waals surface area contributed by atoms with E-state index in [1.807, 2.05) is 0 Å². The summed E-state index contributed by atoms with van der Waals surface area (Å²) in [6.45, 7) is -0.0278. The van der Waals surface area contributed by atoms with Crippen molar-refractivity contribution in [1.29, 1.82) is 0 Å². The van der Waals surface area contributed by atoms with Crippen LogP contribution in [-0.4, -0.2) is 47.1 Å². The number of carbonyl (C=O) groups excluding carboxylic acids is 1. The lowest BCUT2D eigenvalue weighted by atomic mass is 9.70. The molecule has 9 nitrogen and oxygen atoms in total. The lowest BCUT2D eigenvalue weighted by Gasteiger charge is -2.40. The smallest absolute Gasteiger partial charge is 0.333 e. The van der Waals surface area contributed by atoms with Gasteiger partial charge in [0.2, 0.25) is 5.54 Å². The van der Waals surface area contributed by atoms with Crippen LogP contribution in [0.5, 0.6) is 0 Å². The van der Waals surface area contributed by atoms with E-state index in [2.05, 4.69) is 10.1 Å². The minimum atomic E-state index is -1.62. The summed E-state index contributed by atoms with van der Waals surface area (Å²) >= 11 is 0. The molecule has 1 fully saturated rings. The quantitative estimate of drug-likeness (QED) is 0.417. The molecule has 0 aromatic carbocycles. The molecule has 2 atom stereocenters. The van der Waals surface area contributed by atoms with Crippen molar-refractivity contribution in [3.63, 3.8) is 0 Å². The Morgan fingerprint density at radius 3 is 2.58 bits per heavy atom. The third kappa shape index (κ3) is 1.95. The number of carbonyl (C=O) groups is 1. The Hall–Kier alpha value is -2.03. The second kappa shape index (κ2) is 4.26. The van der Waals surface area contributed by atoms with Crippen LogP contribution in [0.1, 0.15) is 12.8 Å². The van der Waals surface area contributed by atoms with Crippen LogP contribution in [0, 0.1) is 20.2 Å². The Morgan fingerprint density at radius 2 is 2.05 bits per heavy atom. The topological polar surface area (TPSA) is 125 Å². The molecule has 1 saturated heterocycles. The minimum absolute atomic E-state index is 0.00338. The molecular formula is C10H13N3O6. The summed E-state index contributed by atoms with van der Waals surface area (Å²) in [6.07, 6.45) is 0.829. The summed E-state index contributed by atoms with van der Waals surface area (Å²) in [7, 11) is 1.14. The second-order valence-electron chi connectivity index (χ2n) is 4.96. The van der Waals surface area contributed by atoms with Gasteiger partial charge in [-0.05, 0) is 0 Å². The number of fused-ring (bicyclic) bond motifs is 2. The van der Waals surface area contributed by atoms with Crippen LogP contribution in [0.15, 0.2) is 11.6 Å². The number of rotatable bonds is 3. The maximum absolute atomic E-state index is 11.6. The van der Waals surface area contributed by atoms with E-state index < -0.39 is 26.9 Å². The van der Waals surface area contributed by atoms with E-state index in [-0.39, 0.29) is 31.5 Å². The lowest BCUT2D eigenvalue weighted by molar-refractivity contribution is -0.614. The van der Waals surface area contributed by atoms with Gasteiger partial charge in [-0.2, -0.15) is 0 Å². The molecule has 0 radical (unpaired) electrons. The lowest BCUT2D eigenvalue weighted by Crippen LogP contribution is -2.65. The largest absolute Gasteiger partial charge is 0.466 e. The molecule has 1 N–H and O–H groups in total. The third-order valence-corrected chi connectivity index (χ3v) is 3.68. The van der Waals surface area contributed by atoms with Gasteiger partial charge in [-0.15, -0.1) is 0 Å². The molecule has 0 aromatic rings. The zero-order valence-corrected chi connectivity index (χ0v) is 10.2. The summed E-state index contributed by atoms with van der Waals surface area (Å²) in [4.78, 5) is 33.0. The van der Waals surface area contributed by atoms with E-state index in [0.717, 1.165) is 7.11 Å². The Balaban J connectivity index is 2.52. The fourth-order valence-electron chi connectivity index (χ4n) is 2.80. The van der Waals surface area contributed by atoms with Gasteiger partial charge >= 0.3 is 5.97 Å². The molecule has 1 aliphatic carbocycles. The van der Waals surface area contributed by atoms with Gasteiger partial charge < -0.3 is 10.1 Å². The molecule has 0 amide bonds. The fourth-order valence-corrected chi connectivity index (χ4v) is 2.80. The zero-order chi connectivity index (χ0) is 14.3. The van der Waals surface area contributed by atoms with E-state index in [9.17, 15) is 25.0 Å². The summed E-state index contributed by atoms with van der Waals surface area (Å²) in [5.41, 5.74) is -3.14. The third-order valence-electron chi connectivity index (χ3n) is 3.68. The number of nitrogens with one attached hydrogen (secondary N) is 1. The molecule has 0 spiro atoms. The van der Waals surface area contributed by atoms with Gasteiger partial charge in [0.1, 0.15) is 0 Å². The predicted molar refractivity (Wildman–Crippen MR) is 61.7 cm³/mol. The van der Waals surface area contributed by atoms with Gasteiger partial charge in [0.15, 0.2) is 0 Å². The Labute approximate surface area is 107 Å². The van der Waals surface area contributed by atoms with Crippen LogP contribution >= 0.6 is 0 Å². The van der Waals surface area contributed by atoms with Gasteiger partial charge in [-0.25, -0.2) is 4.79 Å². The van der Waals surface area contributed by atoms with Gasteiger partial charge in [0, 0.05) is 21.5 Å². The van der Waals surface area contributed by atoms with Gasteiger partial charge in [0.25, 0.3) is 5.54 Å². The molecule has 9 heteroatoms. The van der Waals surface area contributed by atoms with Crippen LogP contribution in [-0.2, 0) is 9.53 Å². The highest BCUT2D eigenvalue weighted by Crippen LogP contribution is 2.40. The Morgan fingerprint density at radius 1 is 1.37 bits per heavy atom. The van der Waals surface area contributed by atoms with Crippen molar-refractivity contribution in [2.45, 2.75) is 23.9 Å². The molecule has 2 rings (SSSR count). The van der Waals surface area contributed by atoms with E-state index in [1.165, 1.54) is 6.08 Å². The van der Waals surface area contributed by atoms with Crippen LogP contribution in [0.2, 0.25) is 0 Å². The molecule has 19 heavy (non-hydrogen) atoms. The Bertz CT molecular complexity index is 490. The predicted octanol–water partition coefficient (Wildman–Crippen LogP) is -0.486. The maximum atomic E-state index is 11.6. The number of nitro groups is 2. The molecule has 2 aliphatic rings. The molecule has 2 unspecified atom stereocenters. The van der Waals surface area contributed by atoms with Crippen LogP contribution in [0.3, 0.4) is 0 Å². The van der Waals surface area contributed by atoms with Crippen LogP contribution in [0.25, 0.3) is 0 Å². The number of esters is 1. The molecule has 104 valence electrons. The van der Waals surface area contributed by atoms with Gasteiger partial charge in [0.05, 0.1) is 33.0 Å².